The molecule has 1 aromatic heterocycles. The second kappa shape index (κ2) is 8.41. The number of hydrogen-bond donors (Lipinski definition) is 1. The van der Waals surface area contributed by atoms with Crippen molar-refractivity contribution in [2.45, 2.75) is 45.6 Å². The lowest BCUT2D eigenvalue weighted by molar-refractivity contribution is 0.0948. The summed E-state index contributed by atoms with van der Waals surface area (Å²) in [7, 11) is -2.97. The summed E-state index contributed by atoms with van der Waals surface area (Å²) in [6.45, 7) is 5.33. The van der Waals surface area contributed by atoms with Crippen LogP contribution in [0, 0.1) is 0 Å². The van der Waals surface area contributed by atoms with Crippen LogP contribution in [0.15, 0.2) is 12.4 Å². The predicted octanol–water partition coefficient (Wildman–Crippen LogP) is 1.41. The van der Waals surface area contributed by atoms with E-state index in [0.29, 0.717) is 31.0 Å². The first-order chi connectivity index (χ1) is 11.5. The van der Waals surface area contributed by atoms with Crippen molar-refractivity contribution >= 4 is 21.6 Å². The molecule has 24 heavy (non-hydrogen) atoms. The van der Waals surface area contributed by atoms with E-state index >= 15 is 0 Å². The second-order valence-corrected chi connectivity index (χ2v) is 8.30. The molecule has 1 aliphatic heterocycles. The highest BCUT2D eigenvalue weighted by Gasteiger charge is 2.32. The molecular formula is C16H26N4O3S. The number of nitrogens with zero attached hydrogens (tertiary/aromatic N) is 3. The van der Waals surface area contributed by atoms with Crippen molar-refractivity contribution in [1.82, 2.24) is 15.3 Å². The average Bonchev–Trinajstić information content (AvgIpc) is 2.92. The van der Waals surface area contributed by atoms with Crippen molar-refractivity contribution in [1.29, 1.82) is 0 Å². The third-order valence-electron chi connectivity index (χ3n) is 4.24. The molecule has 1 saturated heterocycles. The monoisotopic (exact) mass is 354 g/mol. The number of carbonyl (C=O) groups excluding carboxylic acids is 1. The summed E-state index contributed by atoms with van der Waals surface area (Å²) in [4.78, 5) is 22.4. The van der Waals surface area contributed by atoms with E-state index in [0.717, 1.165) is 19.3 Å². The molecule has 0 aromatic carbocycles. The van der Waals surface area contributed by atoms with Crippen molar-refractivity contribution < 1.29 is 13.2 Å². The van der Waals surface area contributed by atoms with E-state index in [-0.39, 0.29) is 23.5 Å². The minimum absolute atomic E-state index is 0.0876. The normalized spacial score (nSPS) is 19.2. The molecule has 0 bridgehead atoms. The summed E-state index contributed by atoms with van der Waals surface area (Å²) >= 11 is 0. The van der Waals surface area contributed by atoms with Crippen LogP contribution in [0.25, 0.3) is 0 Å². The fourth-order valence-electron chi connectivity index (χ4n) is 2.92. The van der Waals surface area contributed by atoms with Gasteiger partial charge in [0, 0.05) is 25.2 Å². The standard InChI is InChI=1S/C16H26N4O3S/c1-3-5-6-8-17-16(21)14-10-15(19-12-18-14)20(4-2)13-7-9-24(22,23)11-13/h10,12-13H,3-9,11H2,1-2H3,(H,17,21). The minimum atomic E-state index is -2.97. The molecule has 8 heteroatoms. The molecule has 2 rings (SSSR count). The average molecular weight is 354 g/mol. The van der Waals surface area contributed by atoms with E-state index < -0.39 is 9.84 Å². The van der Waals surface area contributed by atoms with Crippen LogP contribution < -0.4 is 10.2 Å². The maximum atomic E-state index is 12.2. The Hall–Kier alpha value is -1.70. The topological polar surface area (TPSA) is 92.3 Å². The molecular weight excluding hydrogens is 328 g/mol. The van der Waals surface area contributed by atoms with Gasteiger partial charge in [0.15, 0.2) is 9.84 Å². The molecule has 1 aliphatic rings. The summed E-state index contributed by atoms with van der Waals surface area (Å²) in [6, 6.07) is 1.55. The molecule has 1 aromatic rings. The zero-order chi connectivity index (χ0) is 17.6. The van der Waals surface area contributed by atoms with Crippen molar-refractivity contribution in [3.8, 4) is 0 Å². The van der Waals surface area contributed by atoms with Crippen LogP contribution in [0.5, 0.6) is 0 Å². The minimum Gasteiger partial charge on any atom is -0.353 e. The smallest absolute Gasteiger partial charge is 0.270 e. The van der Waals surface area contributed by atoms with Gasteiger partial charge in [-0.25, -0.2) is 18.4 Å². The maximum Gasteiger partial charge on any atom is 0.270 e. The summed E-state index contributed by atoms with van der Waals surface area (Å²) in [6.07, 6.45) is 5.08. The Morgan fingerprint density at radius 1 is 1.33 bits per heavy atom. The van der Waals surface area contributed by atoms with Gasteiger partial charge in [-0.1, -0.05) is 19.8 Å². The highest BCUT2D eigenvalue weighted by Crippen LogP contribution is 2.22. The number of hydrogen-bond acceptors (Lipinski definition) is 6. The zero-order valence-corrected chi connectivity index (χ0v) is 15.2. The molecule has 1 N–H and O–H groups in total. The first-order valence-corrected chi connectivity index (χ1v) is 10.4. The van der Waals surface area contributed by atoms with Gasteiger partial charge in [0.1, 0.15) is 17.8 Å². The summed E-state index contributed by atoms with van der Waals surface area (Å²) < 4.78 is 23.4. The van der Waals surface area contributed by atoms with Crippen LogP contribution in [0.2, 0.25) is 0 Å². The highest BCUT2D eigenvalue weighted by atomic mass is 32.2. The van der Waals surface area contributed by atoms with Gasteiger partial charge < -0.3 is 10.2 Å². The first kappa shape index (κ1) is 18.6. The van der Waals surface area contributed by atoms with Crippen LogP contribution in [0.1, 0.15) is 50.0 Å². The lowest BCUT2D eigenvalue weighted by atomic mass is 10.2. The number of unbranched alkanes of at least 4 members (excludes halogenated alkanes) is 2. The number of amides is 1. The zero-order valence-electron chi connectivity index (χ0n) is 14.4. The van der Waals surface area contributed by atoms with Gasteiger partial charge in [-0.15, -0.1) is 0 Å². The van der Waals surface area contributed by atoms with Crippen LogP contribution >= 0.6 is 0 Å². The number of carbonyl (C=O) groups is 1. The molecule has 2 heterocycles. The van der Waals surface area contributed by atoms with E-state index in [1.807, 2.05) is 11.8 Å². The van der Waals surface area contributed by atoms with Crippen LogP contribution in [0.4, 0.5) is 5.82 Å². The lowest BCUT2D eigenvalue weighted by Crippen LogP contribution is -2.37. The van der Waals surface area contributed by atoms with Crippen molar-refractivity contribution in [2.75, 3.05) is 29.5 Å². The Bertz CT molecular complexity index is 663. The van der Waals surface area contributed by atoms with Crippen molar-refractivity contribution in [3.63, 3.8) is 0 Å². The molecule has 1 amide bonds. The van der Waals surface area contributed by atoms with Gasteiger partial charge in [0.25, 0.3) is 5.91 Å². The van der Waals surface area contributed by atoms with Gasteiger partial charge in [-0.2, -0.15) is 0 Å². The number of rotatable bonds is 8. The Morgan fingerprint density at radius 2 is 2.12 bits per heavy atom. The van der Waals surface area contributed by atoms with E-state index in [4.69, 9.17) is 0 Å². The number of nitrogens with one attached hydrogen (secondary N) is 1. The van der Waals surface area contributed by atoms with Gasteiger partial charge in [0.2, 0.25) is 0 Å². The number of sulfone groups is 1. The van der Waals surface area contributed by atoms with Gasteiger partial charge in [-0.05, 0) is 19.8 Å². The van der Waals surface area contributed by atoms with E-state index in [1.165, 1.54) is 6.33 Å². The molecule has 0 spiro atoms. The van der Waals surface area contributed by atoms with Crippen molar-refractivity contribution in [3.05, 3.63) is 18.1 Å². The Labute approximate surface area is 143 Å². The Morgan fingerprint density at radius 3 is 2.75 bits per heavy atom. The molecule has 0 radical (unpaired) electrons. The molecule has 1 unspecified atom stereocenters. The molecule has 1 atom stereocenters. The van der Waals surface area contributed by atoms with E-state index in [2.05, 4.69) is 22.2 Å². The van der Waals surface area contributed by atoms with Gasteiger partial charge in [-0.3, -0.25) is 4.79 Å². The molecule has 0 saturated carbocycles. The number of anilines is 1. The molecule has 1 fully saturated rings. The third kappa shape index (κ3) is 4.90. The lowest BCUT2D eigenvalue weighted by Gasteiger charge is -2.27. The third-order valence-corrected chi connectivity index (χ3v) is 5.99. The van der Waals surface area contributed by atoms with Crippen LogP contribution in [-0.2, 0) is 9.84 Å². The second-order valence-electron chi connectivity index (χ2n) is 6.07. The maximum absolute atomic E-state index is 12.2. The van der Waals surface area contributed by atoms with Crippen LogP contribution in [0.3, 0.4) is 0 Å². The van der Waals surface area contributed by atoms with E-state index in [1.54, 1.807) is 6.07 Å². The largest absolute Gasteiger partial charge is 0.353 e. The molecule has 0 aliphatic carbocycles. The summed E-state index contributed by atoms with van der Waals surface area (Å²) in [5.74, 6) is 0.742. The highest BCUT2D eigenvalue weighted by molar-refractivity contribution is 7.91. The van der Waals surface area contributed by atoms with Gasteiger partial charge >= 0.3 is 0 Å². The quantitative estimate of drug-likeness (QED) is 0.710. The summed E-state index contributed by atoms with van der Waals surface area (Å²) in [5, 5.41) is 2.86. The predicted molar refractivity (Wildman–Crippen MR) is 94.0 cm³/mol. The Balaban J connectivity index is 2.06. The molecule has 134 valence electrons. The fourth-order valence-corrected chi connectivity index (χ4v) is 4.65. The summed E-state index contributed by atoms with van der Waals surface area (Å²) in [5.41, 5.74) is 0.316. The van der Waals surface area contributed by atoms with E-state index in [9.17, 15) is 13.2 Å². The fraction of sp³-hybridized carbons (Fsp3) is 0.688. The first-order valence-electron chi connectivity index (χ1n) is 8.54. The Kier molecular flexibility index (Phi) is 6.53. The van der Waals surface area contributed by atoms with Gasteiger partial charge in [0.05, 0.1) is 11.5 Å². The van der Waals surface area contributed by atoms with Crippen molar-refractivity contribution in [2.24, 2.45) is 0 Å². The SMILES string of the molecule is CCCCCNC(=O)c1cc(N(CC)C2CCS(=O)(=O)C2)ncn1. The van der Waals surface area contributed by atoms with Crippen LogP contribution in [-0.4, -0.2) is 54.9 Å². The molecule has 7 nitrogen and oxygen atoms in total. The number of aromatic nitrogens is 2.